The molecule has 0 aromatic heterocycles. The summed E-state index contributed by atoms with van der Waals surface area (Å²) in [7, 11) is 1.75. The number of fused-ring (bicyclic) bond motifs is 2. The lowest BCUT2D eigenvalue weighted by Crippen LogP contribution is -2.50. The Morgan fingerprint density at radius 1 is 1.32 bits per heavy atom. The van der Waals surface area contributed by atoms with E-state index in [2.05, 4.69) is 29.2 Å². The minimum absolute atomic E-state index is 0.126. The van der Waals surface area contributed by atoms with Crippen LogP contribution in [0.3, 0.4) is 0 Å². The quantitative estimate of drug-likeness (QED) is 0.797. The molecule has 1 aromatic carbocycles. The molecule has 0 spiro atoms. The number of rotatable bonds is 1. The summed E-state index contributed by atoms with van der Waals surface area (Å²) in [5.41, 5.74) is 2.38. The molecule has 1 aliphatic carbocycles. The molecule has 0 radical (unpaired) electrons. The molecule has 1 aromatic rings. The smallest absolute Gasteiger partial charge is 0.231 e. The van der Waals surface area contributed by atoms with E-state index in [1.165, 1.54) is 11.1 Å². The van der Waals surface area contributed by atoms with Gasteiger partial charge in [0, 0.05) is 31.5 Å². The highest BCUT2D eigenvalue weighted by molar-refractivity contribution is 5.55. The predicted molar refractivity (Wildman–Crippen MR) is 78.8 cm³/mol. The fourth-order valence-corrected chi connectivity index (χ4v) is 4.68. The second kappa shape index (κ2) is 4.25. The Kier molecular flexibility index (Phi) is 2.50. The highest BCUT2D eigenvalue weighted by atomic mass is 16.7. The molecule has 0 saturated carbocycles. The lowest BCUT2D eigenvalue weighted by atomic mass is 9.66. The summed E-state index contributed by atoms with van der Waals surface area (Å²) in [6, 6.07) is 4.49. The minimum atomic E-state index is -0.408. The van der Waals surface area contributed by atoms with E-state index in [-0.39, 0.29) is 17.6 Å². The van der Waals surface area contributed by atoms with Crippen molar-refractivity contribution in [2.24, 2.45) is 0 Å². The Labute approximate surface area is 129 Å². The van der Waals surface area contributed by atoms with Crippen LogP contribution in [0.25, 0.3) is 0 Å². The normalized spacial score (nSPS) is 40.5. The van der Waals surface area contributed by atoms with Crippen LogP contribution in [0.4, 0.5) is 0 Å². The molecule has 1 saturated heterocycles. The number of aliphatic hydroxyl groups is 1. The monoisotopic (exact) mass is 301 g/mol. The van der Waals surface area contributed by atoms with Gasteiger partial charge >= 0.3 is 0 Å². The van der Waals surface area contributed by atoms with Crippen LogP contribution in [-0.4, -0.2) is 42.3 Å². The zero-order chi connectivity index (χ0) is 14.9. The summed E-state index contributed by atoms with van der Waals surface area (Å²) >= 11 is 0. The van der Waals surface area contributed by atoms with Crippen LogP contribution in [0, 0.1) is 0 Å². The first-order valence-corrected chi connectivity index (χ1v) is 7.80. The zero-order valence-corrected chi connectivity index (χ0v) is 12.5. The van der Waals surface area contributed by atoms with Gasteiger partial charge in [-0.05, 0) is 29.7 Å². The van der Waals surface area contributed by atoms with Crippen molar-refractivity contribution in [3.8, 4) is 11.5 Å². The molecule has 116 valence electrons. The first kappa shape index (κ1) is 12.9. The Morgan fingerprint density at radius 3 is 2.95 bits per heavy atom. The first-order valence-electron chi connectivity index (χ1n) is 7.80. The number of aliphatic hydroxyl groups excluding tert-OH is 1. The van der Waals surface area contributed by atoms with Crippen molar-refractivity contribution in [2.45, 2.75) is 43.2 Å². The van der Waals surface area contributed by atoms with Gasteiger partial charge in [-0.2, -0.15) is 0 Å². The summed E-state index contributed by atoms with van der Waals surface area (Å²) < 4.78 is 16.6. The summed E-state index contributed by atoms with van der Waals surface area (Å²) in [6.07, 6.45) is 5.76. The molecule has 4 aliphatic rings. The molecule has 5 rings (SSSR count). The van der Waals surface area contributed by atoms with Crippen molar-refractivity contribution in [3.63, 3.8) is 0 Å². The summed E-state index contributed by atoms with van der Waals surface area (Å²) in [5, 5.41) is 10.6. The van der Waals surface area contributed by atoms with E-state index in [4.69, 9.17) is 14.2 Å². The van der Waals surface area contributed by atoms with Crippen LogP contribution in [0.15, 0.2) is 24.3 Å². The lowest BCUT2D eigenvalue weighted by molar-refractivity contribution is -0.00714. The van der Waals surface area contributed by atoms with E-state index in [9.17, 15) is 5.11 Å². The van der Waals surface area contributed by atoms with Gasteiger partial charge in [0.05, 0.1) is 6.10 Å². The minimum Gasteiger partial charge on any atom is -0.454 e. The van der Waals surface area contributed by atoms with Crippen LogP contribution < -0.4 is 9.47 Å². The third-order valence-electron chi connectivity index (χ3n) is 5.72. The highest BCUT2D eigenvalue weighted by Gasteiger charge is 2.57. The Hall–Kier alpha value is -1.56. The topological polar surface area (TPSA) is 51.2 Å². The maximum Gasteiger partial charge on any atom is 0.231 e. The first-order chi connectivity index (χ1) is 10.7. The molecule has 22 heavy (non-hydrogen) atoms. The highest BCUT2D eigenvalue weighted by Crippen LogP contribution is 2.55. The largest absolute Gasteiger partial charge is 0.454 e. The van der Waals surface area contributed by atoms with E-state index in [0.29, 0.717) is 6.79 Å². The maximum atomic E-state index is 10.6. The van der Waals surface area contributed by atoms with Crippen molar-refractivity contribution in [2.75, 3.05) is 13.9 Å². The molecule has 1 fully saturated rings. The predicted octanol–water partition coefficient (Wildman–Crippen LogP) is 1.53. The van der Waals surface area contributed by atoms with Crippen LogP contribution in [0.2, 0.25) is 0 Å². The van der Waals surface area contributed by atoms with Crippen LogP contribution in [-0.2, 0) is 16.7 Å². The Balaban J connectivity index is 1.70. The van der Waals surface area contributed by atoms with Gasteiger partial charge in [0.1, 0.15) is 6.23 Å². The van der Waals surface area contributed by atoms with Crippen molar-refractivity contribution in [1.29, 1.82) is 0 Å². The van der Waals surface area contributed by atoms with Gasteiger partial charge in [-0.1, -0.05) is 12.2 Å². The van der Waals surface area contributed by atoms with Gasteiger partial charge in [0.15, 0.2) is 11.5 Å². The number of nitrogens with zero attached hydrogens (tertiary/aromatic N) is 1. The van der Waals surface area contributed by atoms with E-state index < -0.39 is 6.23 Å². The van der Waals surface area contributed by atoms with Gasteiger partial charge in [0.2, 0.25) is 6.79 Å². The van der Waals surface area contributed by atoms with E-state index in [1.54, 1.807) is 7.11 Å². The number of hydrogen-bond donors (Lipinski definition) is 1. The maximum absolute atomic E-state index is 10.6. The van der Waals surface area contributed by atoms with E-state index >= 15 is 0 Å². The molecule has 2 bridgehead atoms. The average Bonchev–Trinajstić information content (AvgIpc) is 3.06. The van der Waals surface area contributed by atoms with Gasteiger partial charge < -0.3 is 19.3 Å². The van der Waals surface area contributed by atoms with Crippen LogP contribution in [0.1, 0.15) is 24.0 Å². The molecule has 5 nitrogen and oxygen atoms in total. The molecular formula is C17H19NO4. The second-order valence-electron chi connectivity index (χ2n) is 6.64. The van der Waals surface area contributed by atoms with Crippen LogP contribution >= 0.6 is 0 Å². The third-order valence-corrected chi connectivity index (χ3v) is 5.72. The molecule has 5 atom stereocenters. The van der Waals surface area contributed by atoms with Gasteiger partial charge in [-0.15, -0.1) is 0 Å². The number of hydrogen-bond acceptors (Lipinski definition) is 5. The molecule has 1 unspecified atom stereocenters. The zero-order valence-electron chi connectivity index (χ0n) is 12.5. The summed E-state index contributed by atoms with van der Waals surface area (Å²) in [5.74, 6) is 1.64. The average molecular weight is 301 g/mol. The number of methoxy groups -OCH3 is 1. The molecule has 5 heteroatoms. The van der Waals surface area contributed by atoms with Gasteiger partial charge in [-0.25, -0.2) is 0 Å². The molecule has 3 aliphatic heterocycles. The fraction of sp³-hybridized carbons (Fsp3) is 0.529. The van der Waals surface area contributed by atoms with Gasteiger partial charge in [-0.3, -0.25) is 4.90 Å². The number of benzene rings is 1. The molecule has 1 N–H and O–H groups in total. The third kappa shape index (κ3) is 1.49. The molecule has 3 heterocycles. The molecular weight excluding hydrogens is 282 g/mol. The fourth-order valence-electron chi connectivity index (χ4n) is 4.68. The molecule has 0 amide bonds. The van der Waals surface area contributed by atoms with Crippen molar-refractivity contribution < 1.29 is 19.3 Å². The van der Waals surface area contributed by atoms with E-state index in [1.807, 2.05) is 0 Å². The summed E-state index contributed by atoms with van der Waals surface area (Å²) in [4.78, 5) is 2.21. The lowest BCUT2D eigenvalue weighted by Gasteiger charge is -2.45. The number of ether oxygens (including phenoxy) is 3. The van der Waals surface area contributed by atoms with Crippen molar-refractivity contribution in [1.82, 2.24) is 4.90 Å². The summed E-state index contributed by atoms with van der Waals surface area (Å²) in [6.45, 7) is 1.05. The Bertz CT molecular complexity index is 673. The van der Waals surface area contributed by atoms with E-state index in [0.717, 1.165) is 30.9 Å². The van der Waals surface area contributed by atoms with Gasteiger partial charge in [0.25, 0.3) is 0 Å². The SMILES string of the molecule is CO[C@@H]1C=C[C@]23C[C@@H](O)N(Cc4cc5c(cc42)OCO5)[C@H]3C1. The second-order valence-corrected chi connectivity index (χ2v) is 6.64. The Morgan fingerprint density at radius 2 is 2.14 bits per heavy atom. The van der Waals surface area contributed by atoms with Crippen molar-refractivity contribution >= 4 is 0 Å². The van der Waals surface area contributed by atoms with Crippen molar-refractivity contribution in [3.05, 3.63) is 35.4 Å². The van der Waals surface area contributed by atoms with Crippen LogP contribution in [0.5, 0.6) is 11.5 Å². The standard InChI is InChI=1S/C17H19NO4/c1-20-11-2-3-17-7-16(19)18(15(17)5-11)8-10-4-13-14(6-12(10)17)22-9-21-13/h2-4,6,11,15-16,19H,5,7-9H2,1H3/t11-,15+,16-,17+/m1/s1.